The summed E-state index contributed by atoms with van der Waals surface area (Å²) in [7, 11) is 0. The van der Waals surface area contributed by atoms with Crippen LogP contribution in [0, 0.1) is 0 Å². The monoisotopic (exact) mass is 558 g/mol. The summed E-state index contributed by atoms with van der Waals surface area (Å²) in [6.07, 6.45) is 5.21. The van der Waals surface area contributed by atoms with Crippen LogP contribution in [0.3, 0.4) is 0 Å². The lowest BCUT2D eigenvalue weighted by atomic mass is 9.62. The molecule has 0 aromatic heterocycles. The summed E-state index contributed by atoms with van der Waals surface area (Å²) in [6, 6.07) is 10.4. The molecule has 0 unspecified atom stereocenters. The van der Waals surface area contributed by atoms with Crippen molar-refractivity contribution in [2.75, 3.05) is 0 Å². The normalized spacial score (nSPS) is 26.2. The molecule has 40 heavy (non-hydrogen) atoms. The van der Waals surface area contributed by atoms with E-state index in [4.69, 9.17) is 0 Å². The van der Waals surface area contributed by atoms with Gasteiger partial charge in [-0.3, -0.25) is 0 Å². The highest BCUT2D eigenvalue weighted by Gasteiger charge is 2.64. The molecule has 2 atom stereocenters. The number of allylic oxidation sites excluding steroid dienone is 4. The molecule has 0 amide bonds. The van der Waals surface area contributed by atoms with Crippen molar-refractivity contribution >= 4 is 0 Å². The lowest BCUT2D eigenvalue weighted by Gasteiger charge is -2.43. The van der Waals surface area contributed by atoms with E-state index in [2.05, 4.69) is 0 Å². The maximum absolute atomic E-state index is 16.0. The number of hydrogen-bond donors (Lipinski definition) is 0. The lowest BCUT2D eigenvalue weighted by molar-refractivity contribution is -0.228. The smallest absolute Gasteiger partial charge is 0.194 e. The zero-order valence-corrected chi connectivity index (χ0v) is 20.9. The largest absolute Gasteiger partial charge is 0.340 e. The Labute approximate surface area is 225 Å². The van der Waals surface area contributed by atoms with Gasteiger partial charge in [0, 0.05) is 34.1 Å². The highest BCUT2D eigenvalue weighted by molar-refractivity contribution is 5.64. The second-order valence-corrected chi connectivity index (χ2v) is 11.1. The molecule has 0 N–H and O–H groups in total. The molecule has 0 aliphatic heterocycles. The molecular formula is C32H22F8. The Bertz CT molecular complexity index is 1470. The van der Waals surface area contributed by atoms with Gasteiger partial charge >= 0.3 is 23.7 Å². The van der Waals surface area contributed by atoms with Gasteiger partial charge in [0.2, 0.25) is 0 Å². The first-order chi connectivity index (χ1) is 18.8. The van der Waals surface area contributed by atoms with Gasteiger partial charge in [-0.2, -0.15) is 35.1 Å². The fourth-order valence-corrected chi connectivity index (χ4v) is 6.76. The Morgan fingerprint density at radius 1 is 0.425 bits per heavy atom. The first kappa shape index (κ1) is 25.5. The molecule has 0 saturated carbocycles. The topological polar surface area (TPSA) is 0 Å². The SMILES string of the molecule is FC1(F)c2ccc(cc2)C(F)(F)C(F)(F)c2ccc(c3c2[C@@H]2C=C4CCc5ccc(cc5)CCC2=C[C@H]43)C1(F)F. The van der Waals surface area contributed by atoms with Gasteiger partial charge in [0.15, 0.2) is 0 Å². The van der Waals surface area contributed by atoms with Crippen LogP contribution in [0.5, 0.6) is 0 Å². The highest BCUT2D eigenvalue weighted by atomic mass is 19.3. The fraction of sp³-hybridized carbons (Fsp3) is 0.312. The minimum atomic E-state index is -4.80. The van der Waals surface area contributed by atoms with Crippen LogP contribution in [-0.4, -0.2) is 0 Å². The minimum absolute atomic E-state index is 0.378. The van der Waals surface area contributed by atoms with E-state index in [0.717, 1.165) is 11.1 Å². The molecule has 3 aromatic carbocycles. The van der Waals surface area contributed by atoms with Gasteiger partial charge in [0.1, 0.15) is 0 Å². The van der Waals surface area contributed by atoms with E-state index in [-0.39, 0.29) is 0 Å². The van der Waals surface area contributed by atoms with Crippen LogP contribution in [0.2, 0.25) is 0 Å². The van der Waals surface area contributed by atoms with Crippen molar-refractivity contribution in [3.05, 3.63) is 128 Å². The quantitative estimate of drug-likeness (QED) is 0.191. The molecule has 8 heteroatoms. The Morgan fingerprint density at radius 3 is 1.12 bits per heavy atom. The van der Waals surface area contributed by atoms with Crippen molar-refractivity contribution in [2.24, 2.45) is 0 Å². The molecule has 0 saturated heterocycles. The van der Waals surface area contributed by atoms with Crippen LogP contribution in [-0.2, 0) is 36.5 Å². The van der Waals surface area contributed by atoms with E-state index in [1.165, 1.54) is 0 Å². The van der Waals surface area contributed by atoms with Gasteiger partial charge in [0.05, 0.1) is 0 Å². The van der Waals surface area contributed by atoms with E-state index >= 15 is 35.1 Å². The van der Waals surface area contributed by atoms with Crippen molar-refractivity contribution in [2.45, 2.75) is 61.2 Å². The van der Waals surface area contributed by atoms with Crippen molar-refractivity contribution in [3.63, 3.8) is 0 Å². The van der Waals surface area contributed by atoms with Gasteiger partial charge in [0.25, 0.3) is 0 Å². The summed E-state index contributed by atoms with van der Waals surface area (Å²) in [5.74, 6) is -21.2. The van der Waals surface area contributed by atoms with Gasteiger partial charge < -0.3 is 0 Å². The summed E-state index contributed by atoms with van der Waals surface area (Å²) in [4.78, 5) is 0. The Morgan fingerprint density at radius 2 is 0.775 bits per heavy atom. The van der Waals surface area contributed by atoms with E-state index in [9.17, 15) is 0 Å². The summed E-state index contributed by atoms with van der Waals surface area (Å²) in [5.41, 5.74) is -2.22. The molecule has 3 aromatic rings. The van der Waals surface area contributed by atoms with Crippen LogP contribution in [0.15, 0.2) is 84.0 Å². The second-order valence-electron chi connectivity index (χ2n) is 11.1. The third-order valence-corrected chi connectivity index (χ3v) is 8.97. The molecule has 10 bridgehead atoms. The maximum atomic E-state index is 16.0. The first-order valence-electron chi connectivity index (χ1n) is 13.1. The zero-order valence-electron chi connectivity index (χ0n) is 20.9. The van der Waals surface area contributed by atoms with E-state index in [0.29, 0.717) is 73.2 Å². The van der Waals surface area contributed by atoms with Gasteiger partial charge in [-0.1, -0.05) is 84.0 Å². The fourth-order valence-electron chi connectivity index (χ4n) is 6.76. The van der Waals surface area contributed by atoms with Crippen LogP contribution >= 0.6 is 0 Å². The summed E-state index contributed by atoms with van der Waals surface area (Å²) in [5, 5.41) is 0. The molecule has 0 fully saturated rings. The number of alkyl halides is 8. The summed E-state index contributed by atoms with van der Waals surface area (Å²) in [6.45, 7) is 0. The van der Waals surface area contributed by atoms with Crippen molar-refractivity contribution in [1.29, 1.82) is 0 Å². The first-order valence-corrected chi connectivity index (χ1v) is 13.1. The Hall–Kier alpha value is -3.42. The lowest BCUT2D eigenvalue weighted by Crippen LogP contribution is -2.42. The summed E-state index contributed by atoms with van der Waals surface area (Å²) < 4.78 is 126. The average Bonchev–Trinajstić information content (AvgIpc) is 2.93. The molecule has 14 rings (SSSR count). The van der Waals surface area contributed by atoms with Crippen LogP contribution in [0.1, 0.15) is 69.2 Å². The predicted octanol–water partition coefficient (Wildman–Crippen LogP) is 9.39. The third-order valence-electron chi connectivity index (χ3n) is 8.97. The Kier molecular flexibility index (Phi) is 5.16. The van der Waals surface area contributed by atoms with Crippen molar-refractivity contribution in [1.82, 2.24) is 0 Å². The van der Waals surface area contributed by atoms with Gasteiger partial charge in [-0.05, 0) is 47.9 Å². The van der Waals surface area contributed by atoms with Gasteiger partial charge in [-0.25, -0.2) is 0 Å². The van der Waals surface area contributed by atoms with Gasteiger partial charge in [-0.15, -0.1) is 0 Å². The predicted molar refractivity (Wildman–Crippen MR) is 133 cm³/mol. The highest BCUT2D eigenvalue weighted by Crippen LogP contribution is 2.62. The number of hydrogen-bond acceptors (Lipinski definition) is 0. The van der Waals surface area contributed by atoms with Crippen molar-refractivity contribution < 1.29 is 35.1 Å². The standard InChI is InChI=1S/C32H22F8/c33-29(34)21-9-11-22(12-10-21)30(35,36)32(39,40)26-14-13-25(31(29,37)38)27-23-16-20-8-6-18-2-1-17(3-4-18)5-7-19(23)15-24(20)28(26)27/h1-4,9-16,23-24H,5-8H2/t23-,24-/m1/s1. The molecule has 11 aliphatic carbocycles. The molecular weight excluding hydrogens is 536 g/mol. The number of rotatable bonds is 0. The van der Waals surface area contributed by atoms with Crippen molar-refractivity contribution in [3.8, 4) is 0 Å². The molecule has 0 radical (unpaired) electrons. The molecule has 0 nitrogen and oxygen atoms in total. The number of aryl methyl sites for hydroxylation is 2. The average molecular weight is 559 g/mol. The summed E-state index contributed by atoms with van der Waals surface area (Å²) >= 11 is 0. The molecule has 206 valence electrons. The van der Waals surface area contributed by atoms with E-state index in [1.807, 2.05) is 24.3 Å². The van der Waals surface area contributed by atoms with Crippen LogP contribution in [0.25, 0.3) is 0 Å². The molecule has 0 spiro atoms. The molecule has 11 aliphatic rings. The minimum Gasteiger partial charge on any atom is -0.194 e. The molecule has 0 heterocycles. The van der Waals surface area contributed by atoms with Crippen LogP contribution < -0.4 is 0 Å². The maximum Gasteiger partial charge on any atom is 0.340 e. The van der Waals surface area contributed by atoms with E-state index < -0.39 is 68.9 Å². The van der Waals surface area contributed by atoms with Crippen LogP contribution in [0.4, 0.5) is 35.1 Å². The zero-order chi connectivity index (χ0) is 28.2. The number of benzene rings is 3. The second kappa shape index (κ2) is 8.08. The Balaban J connectivity index is 1.52. The van der Waals surface area contributed by atoms with E-state index in [1.54, 1.807) is 12.2 Å². The number of halogens is 8. The third kappa shape index (κ3) is 3.25.